The molecule has 0 aromatic rings. The lowest BCUT2D eigenvalue weighted by molar-refractivity contribution is -0.0210. The van der Waals surface area contributed by atoms with Gasteiger partial charge in [-0.2, -0.15) is 0 Å². The summed E-state index contributed by atoms with van der Waals surface area (Å²) >= 11 is 0. The fourth-order valence-electron chi connectivity index (χ4n) is 1.87. The predicted octanol–water partition coefficient (Wildman–Crippen LogP) is 1.76. The number of epoxide rings is 2. The molecular formula is C13H24O4. The first-order valence-corrected chi connectivity index (χ1v) is 6.74. The van der Waals surface area contributed by atoms with Crippen LogP contribution in [0.5, 0.6) is 0 Å². The summed E-state index contributed by atoms with van der Waals surface area (Å²) in [6, 6.07) is 0. The first-order chi connectivity index (χ1) is 8.28. The molecule has 0 radical (unpaired) electrons. The van der Waals surface area contributed by atoms with Gasteiger partial charge in [0.2, 0.25) is 0 Å². The van der Waals surface area contributed by atoms with Crippen molar-refractivity contribution in [1.82, 2.24) is 0 Å². The highest BCUT2D eigenvalue weighted by molar-refractivity contribution is 4.72. The Balaban J connectivity index is 1.58. The maximum Gasteiger partial charge on any atom is 0.104 e. The van der Waals surface area contributed by atoms with Crippen molar-refractivity contribution in [3.8, 4) is 0 Å². The van der Waals surface area contributed by atoms with Gasteiger partial charge in [-0.25, -0.2) is 0 Å². The third-order valence-corrected chi connectivity index (χ3v) is 3.09. The average Bonchev–Trinajstić information content (AvgIpc) is 3.16. The molecule has 0 aromatic carbocycles. The van der Waals surface area contributed by atoms with Crippen LogP contribution in [0.1, 0.15) is 33.1 Å². The largest absolute Gasteiger partial charge is 0.376 e. The second-order valence-electron chi connectivity index (χ2n) is 5.03. The number of rotatable bonds is 10. The van der Waals surface area contributed by atoms with E-state index < -0.39 is 0 Å². The summed E-state index contributed by atoms with van der Waals surface area (Å²) in [5.74, 6) is 0. The van der Waals surface area contributed by atoms with Crippen LogP contribution in [0.25, 0.3) is 0 Å². The molecule has 4 nitrogen and oxygen atoms in total. The molecule has 4 heteroatoms. The third kappa shape index (κ3) is 5.82. The summed E-state index contributed by atoms with van der Waals surface area (Å²) in [5.41, 5.74) is 0. The summed E-state index contributed by atoms with van der Waals surface area (Å²) in [6.45, 7) is 7.50. The standard InChI is InChI=1S/C13H24O4/c1-3-4-11(15-7-13-9-17-13)5-10(2)14-6-12-8-16-12/h10-13H,3-9H2,1-2H3. The molecular weight excluding hydrogens is 220 g/mol. The van der Waals surface area contributed by atoms with E-state index >= 15 is 0 Å². The first kappa shape index (κ1) is 13.3. The molecule has 0 aliphatic carbocycles. The normalized spacial score (nSPS) is 30.0. The molecule has 0 bridgehead atoms. The van der Waals surface area contributed by atoms with Gasteiger partial charge < -0.3 is 18.9 Å². The number of hydrogen-bond donors (Lipinski definition) is 0. The van der Waals surface area contributed by atoms with Crippen LogP contribution >= 0.6 is 0 Å². The van der Waals surface area contributed by atoms with Crippen LogP contribution in [0, 0.1) is 0 Å². The lowest BCUT2D eigenvalue weighted by Crippen LogP contribution is -2.24. The molecule has 4 unspecified atom stereocenters. The second kappa shape index (κ2) is 6.69. The van der Waals surface area contributed by atoms with Gasteiger partial charge in [-0.15, -0.1) is 0 Å². The van der Waals surface area contributed by atoms with Gasteiger partial charge in [-0.3, -0.25) is 0 Å². The summed E-state index contributed by atoms with van der Waals surface area (Å²) in [4.78, 5) is 0. The van der Waals surface area contributed by atoms with Crippen LogP contribution in [-0.4, -0.2) is 50.8 Å². The third-order valence-electron chi connectivity index (χ3n) is 3.09. The molecule has 0 amide bonds. The van der Waals surface area contributed by atoms with Crippen LogP contribution in [-0.2, 0) is 18.9 Å². The van der Waals surface area contributed by atoms with Crippen molar-refractivity contribution in [2.24, 2.45) is 0 Å². The van der Waals surface area contributed by atoms with E-state index in [9.17, 15) is 0 Å². The van der Waals surface area contributed by atoms with E-state index in [0.717, 1.165) is 45.7 Å². The smallest absolute Gasteiger partial charge is 0.104 e. The summed E-state index contributed by atoms with van der Waals surface area (Å²) in [5, 5.41) is 0. The molecule has 100 valence electrons. The van der Waals surface area contributed by atoms with Gasteiger partial charge in [0, 0.05) is 0 Å². The van der Waals surface area contributed by atoms with Crippen LogP contribution in [0.4, 0.5) is 0 Å². The van der Waals surface area contributed by atoms with E-state index in [1.165, 1.54) is 0 Å². The summed E-state index contributed by atoms with van der Waals surface area (Å²) < 4.78 is 21.9. The van der Waals surface area contributed by atoms with Gasteiger partial charge >= 0.3 is 0 Å². The van der Waals surface area contributed by atoms with Gasteiger partial charge in [-0.05, 0) is 19.8 Å². The highest BCUT2D eigenvalue weighted by Crippen LogP contribution is 2.17. The Hall–Kier alpha value is -0.160. The highest BCUT2D eigenvalue weighted by Gasteiger charge is 2.26. The second-order valence-corrected chi connectivity index (χ2v) is 5.03. The van der Waals surface area contributed by atoms with Crippen molar-refractivity contribution in [3.63, 3.8) is 0 Å². The van der Waals surface area contributed by atoms with Crippen molar-refractivity contribution < 1.29 is 18.9 Å². The Bertz CT molecular complexity index is 213. The van der Waals surface area contributed by atoms with Crippen LogP contribution in [0.3, 0.4) is 0 Å². The monoisotopic (exact) mass is 244 g/mol. The van der Waals surface area contributed by atoms with Gasteiger partial charge in [-0.1, -0.05) is 13.3 Å². The minimum atomic E-state index is 0.246. The van der Waals surface area contributed by atoms with Crippen molar-refractivity contribution in [3.05, 3.63) is 0 Å². The van der Waals surface area contributed by atoms with Crippen molar-refractivity contribution in [1.29, 1.82) is 0 Å². The molecule has 2 fully saturated rings. The lowest BCUT2D eigenvalue weighted by Gasteiger charge is -2.21. The molecule has 2 rings (SSSR count). The predicted molar refractivity (Wildman–Crippen MR) is 64.2 cm³/mol. The Labute approximate surface area is 104 Å². The van der Waals surface area contributed by atoms with Crippen molar-refractivity contribution in [2.75, 3.05) is 26.4 Å². The van der Waals surface area contributed by atoms with E-state index in [2.05, 4.69) is 13.8 Å². The molecule has 2 aliphatic heterocycles. The Kier molecular flexibility index (Phi) is 5.22. The van der Waals surface area contributed by atoms with Crippen LogP contribution in [0.2, 0.25) is 0 Å². The van der Waals surface area contributed by atoms with Crippen LogP contribution in [0.15, 0.2) is 0 Å². The maximum atomic E-state index is 5.86. The lowest BCUT2D eigenvalue weighted by atomic mass is 10.1. The zero-order chi connectivity index (χ0) is 12.1. The molecule has 4 atom stereocenters. The zero-order valence-electron chi connectivity index (χ0n) is 10.9. The van der Waals surface area contributed by atoms with Crippen molar-refractivity contribution >= 4 is 0 Å². The average molecular weight is 244 g/mol. The van der Waals surface area contributed by atoms with E-state index in [1.807, 2.05) is 0 Å². The van der Waals surface area contributed by atoms with Gasteiger partial charge in [0.25, 0.3) is 0 Å². The number of ether oxygens (including phenoxy) is 4. The summed E-state index contributed by atoms with van der Waals surface area (Å²) in [7, 11) is 0. The topological polar surface area (TPSA) is 43.5 Å². The Morgan fingerprint density at radius 3 is 2.24 bits per heavy atom. The fourth-order valence-corrected chi connectivity index (χ4v) is 1.87. The highest BCUT2D eigenvalue weighted by atomic mass is 16.6. The van der Waals surface area contributed by atoms with Gasteiger partial charge in [0.05, 0.1) is 38.6 Å². The molecule has 17 heavy (non-hydrogen) atoms. The SMILES string of the molecule is CCCC(CC(C)OCC1CO1)OCC1CO1. The molecule has 2 aliphatic rings. The molecule has 0 aromatic heterocycles. The Morgan fingerprint density at radius 1 is 1.12 bits per heavy atom. The summed E-state index contributed by atoms with van der Waals surface area (Å²) in [6.07, 6.45) is 4.46. The van der Waals surface area contributed by atoms with E-state index in [4.69, 9.17) is 18.9 Å². The van der Waals surface area contributed by atoms with Crippen molar-refractivity contribution in [2.45, 2.75) is 57.5 Å². The van der Waals surface area contributed by atoms with Gasteiger partial charge in [0.15, 0.2) is 0 Å². The maximum absolute atomic E-state index is 5.86. The molecule has 0 spiro atoms. The van der Waals surface area contributed by atoms with E-state index in [1.54, 1.807) is 0 Å². The minimum absolute atomic E-state index is 0.246. The molecule has 0 saturated carbocycles. The van der Waals surface area contributed by atoms with Gasteiger partial charge in [0.1, 0.15) is 12.2 Å². The molecule has 2 heterocycles. The Morgan fingerprint density at radius 2 is 1.71 bits per heavy atom. The minimum Gasteiger partial charge on any atom is -0.376 e. The molecule has 0 N–H and O–H groups in total. The number of hydrogen-bond acceptors (Lipinski definition) is 4. The van der Waals surface area contributed by atoms with Crippen LogP contribution < -0.4 is 0 Å². The quantitative estimate of drug-likeness (QED) is 0.549. The van der Waals surface area contributed by atoms with E-state index in [-0.39, 0.29) is 6.10 Å². The van der Waals surface area contributed by atoms with E-state index in [0.29, 0.717) is 18.3 Å². The first-order valence-electron chi connectivity index (χ1n) is 6.74. The molecule has 2 saturated heterocycles. The zero-order valence-corrected chi connectivity index (χ0v) is 10.9. The fraction of sp³-hybridized carbons (Fsp3) is 1.00.